The van der Waals surface area contributed by atoms with Crippen molar-refractivity contribution in [1.29, 1.82) is 0 Å². The zero-order valence-corrected chi connectivity index (χ0v) is 12.7. The number of hydrogen-bond acceptors (Lipinski definition) is 3. The van der Waals surface area contributed by atoms with Gasteiger partial charge in [-0.1, -0.05) is 29.8 Å². The van der Waals surface area contributed by atoms with E-state index in [1.165, 1.54) is 5.56 Å². The van der Waals surface area contributed by atoms with Gasteiger partial charge in [-0.05, 0) is 30.2 Å². The average molecular weight is 304 g/mol. The molecule has 3 rings (SSSR count). The zero-order valence-electron chi connectivity index (χ0n) is 11.9. The molecule has 1 unspecified atom stereocenters. The fraction of sp³-hybridized carbons (Fsp3) is 0.294. The normalized spacial score (nSPS) is 16.8. The van der Waals surface area contributed by atoms with E-state index in [2.05, 4.69) is 17.4 Å². The van der Waals surface area contributed by atoms with Gasteiger partial charge in [-0.15, -0.1) is 0 Å². The van der Waals surface area contributed by atoms with Crippen LogP contribution in [-0.2, 0) is 0 Å². The van der Waals surface area contributed by atoms with Gasteiger partial charge in [-0.3, -0.25) is 0 Å². The summed E-state index contributed by atoms with van der Waals surface area (Å²) in [5, 5.41) is 4.09. The maximum absolute atomic E-state index is 6.04. The smallest absolute Gasteiger partial charge is 0.139 e. The average Bonchev–Trinajstić information content (AvgIpc) is 2.54. The van der Waals surface area contributed by atoms with Gasteiger partial charge in [0.2, 0.25) is 0 Å². The summed E-state index contributed by atoms with van der Waals surface area (Å²) in [6.45, 7) is 1.64. The Labute approximate surface area is 129 Å². The maximum atomic E-state index is 6.04. The molecular formula is C17H18ClNO2. The van der Waals surface area contributed by atoms with Crippen molar-refractivity contribution in [3.8, 4) is 11.5 Å². The van der Waals surface area contributed by atoms with Gasteiger partial charge >= 0.3 is 0 Å². The van der Waals surface area contributed by atoms with Crippen molar-refractivity contribution >= 4 is 17.3 Å². The predicted octanol–water partition coefficient (Wildman–Crippen LogP) is 4.33. The lowest BCUT2D eigenvalue weighted by Crippen LogP contribution is -2.20. The molecule has 1 aliphatic rings. The van der Waals surface area contributed by atoms with E-state index >= 15 is 0 Å². The highest BCUT2D eigenvalue weighted by Gasteiger charge is 2.20. The van der Waals surface area contributed by atoms with Crippen LogP contribution in [0.2, 0.25) is 5.02 Å². The predicted molar refractivity (Wildman–Crippen MR) is 85.8 cm³/mol. The molecule has 3 nitrogen and oxygen atoms in total. The second-order valence-electron chi connectivity index (χ2n) is 5.10. The molecule has 1 heterocycles. The molecule has 0 fully saturated rings. The summed E-state index contributed by atoms with van der Waals surface area (Å²) in [5.74, 6) is 2.15. The number of halogens is 1. The number of para-hydroxylation sites is 1. The first-order chi connectivity index (χ1) is 10.3. The van der Waals surface area contributed by atoms with Gasteiger partial charge in [0.25, 0.3) is 0 Å². The number of rotatable bonds is 4. The Bertz CT molecular complexity index is 630. The van der Waals surface area contributed by atoms with Crippen LogP contribution in [0.15, 0.2) is 42.5 Å². The van der Waals surface area contributed by atoms with Gasteiger partial charge in [-0.2, -0.15) is 0 Å². The van der Waals surface area contributed by atoms with E-state index in [0.717, 1.165) is 31.0 Å². The van der Waals surface area contributed by atoms with E-state index in [1.54, 1.807) is 7.11 Å². The van der Waals surface area contributed by atoms with E-state index in [1.807, 2.05) is 30.3 Å². The Morgan fingerprint density at radius 3 is 3.00 bits per heavy atom. The number of anilines is 1. The van der Waals surface area contributed by atoms with Gasteiger partial charge in [0.05, 0.1) is 18.7 Å². The molecule has 2 aromatic rings. The lowest BCUT2D eigenvalue weighted by atomic mass is 9.93. The SMILES string of the molecule is COc1cc(NCC2CCOc3ccccc32)ccc1Cl. The molecule has 4 heteroatoms. The van der Waals surface area contributed by atoms with Crippen molar-refractivity contribution in [2.45, 2.75) is 12.3 Å². The number of nitrogens with one attached hydrogen (secondary N) is 1. The van der Waals surface area contributed by atoms with E-state index in [0.29, 0.717) is 16.7 Å². The van der Waals surface area contributed by atoms with Crippen LogP contribution in [0.3, 0.4) is 0 Å². The Balaban J connectivity index is 1.71. The summed E-state index contributed by atoms with van der Waals surface area (Å²) in [6.07, 6.45) is 1.02. The third-order valence-electron chi connectivity index (χ3n) is 3.79. The topological polar surface area (TPSA) is 30.5 Å². The van der Waals surface area contributed by atoms with Gasteiger partial charge in [0.1, 0.15) is 11.5 Å². The van der Waals surface area contributed by atoms with Crippen LogP contribution >= 0.6 is 11.6 Å². The van der Waals surface area contributed by atoms with Crippen LogP contribution in [0, 0.1) is 0 Å². The molecule has 0 bridgehead atoms. The molecule has 0 amide bonds. The molecule has 0 aromatic heterocycles. The van der Waals surface area contributed by atoms with Crippen molar-refractivity contribution in [3.05, 3.63) is 53.1 Å². The molecule has 0 saturated heterocycles. The first-order valence-corrected chi connectivity index (χ1v) is 7.45. The van der Waals surface area contributed by atoms with Crippen molar-refractivity contribution in [2.24, 2.45) is 0 Å². The summed E-state index contributed by atoms with van der Waals surface area (Å²) in [7, 11) is 1.62. The molecule has 1 N–H and O–H groups in total. The van der Waals surface area contributed by atoms with Crippen LogP contribution in [-0.4, -0.2) is 20.3 Å². The molecule has 21 heavy (non-hydrogen) atoms. The molecule has 2 aromatic carbocycles. The van der Waals surface area contributed by atoms with Crippen LogP contribution in [0.1, 0.15) is 17.9 Å². The van der Waals surface area contributed by atoms with Crippen molar-refractivity contribution in [2.75, 3.05) is 25.6 Å². The highest BCUT2D eigenvalue weighted by Crippen LogP contribution is 2.34. The molecule has 1 aliphatic heterocycles. The second-order valence-corrected chi connectivity index (χ2v) is 5.51. The number of hydrogen-bond donors (Lipinski definition) is 1. The number of ether oxygens (including phenoxy) is 2. The van der Waals surface area contributed by atoms with E-state index in [-0.39, 0.29) is 0 Å². The molecule has 0 spiro atoms. The van der Waals surface area contributed by atoms with Gasteiger partial charge in [0.15, 0.2) is 0 Å². The third-order valence-corrected chi connectivity index (χ3v) is 4.10. The molecule has 0 saturated carbocycles. The zero-order chi connectivity index (χ0) is 14.7. The minimum absolute atomic E-state index is 0.455. The van der Waals surface area contributed by atoms with Gasteiger partial charge in [0, 0.05) is 24.2 Å². The Morgan fingerprint density at radius 2 is 2.14 bits per heavy atom. The van der Waals surface area contributed by atoms with E-state index < -0.39 is 0 Å². The van der Waals surface area contributed by atoms with Crippen LogP contribution in [0.5, 0.6) is 11.5 Å². The first-order valence-electron chi connectivity index (χ1n) is 7.07. The van der Waals surface area contributed by atoms with Crippen LogP contribution in [0.25, 0.3) is 0 Å². The molecule has 1 atom stereocenters. The van der Waals surface area contributed by atoms with E-state index in [9.17, 15) is 0 Å². The summed E-state index contributed by atoms with van der Waals surface area (Å²) in [6, 6.07) is 14.0. The molecule has 110 valence electrons. The third kappa shape index (κ3) is 3.08. The lowest BCUT2D eigenvalue weighted by Gasteiger charge is -2.26. The van der Waals surface area contributed by atoms with Gasteiger partial charge in [-0.25, -0.2) is 0 Å². The van der Waals surface area contributed by atoms with Crippen molar-refractivity contribution in [3.63, 3.8) is 0 Å². The fourth-order valence-electron chi connectivity index (χ4n) is 2.64. The maximum Gasteiger partial charge on any atom is 0.139 e. The lowest BCUT2D eigenvalue weighted by molar-refractivity contribution is 0.270. The monoisotopic (exact) mass is 303 g/mol. The van der Waals surface area contributed by atoms with Crippen molar-refractivity contribution < 1.29 is 9.47 Å². The number of benzene rings is 2. The molecule has 0 aliphatic carbocycles. The minimum atomic E-state index is 0.455. The summed E-state index contributed by atoms with van der Waals surface area (Å²) in [5.41, 5.74) is 2.29. The van der Waals surface area contributed by atoms with Crippen LogP contribution < -0.4 is 14.8 Å². The Kier molecular flexibility index (Phi) is 4.20. The highest BCUT2D eigenvalue weighted by atomic mass is 35.5. The second kappa shape index (κ2) is 6.27. The minimum Gasteiger partial charge on any atom is -0.495 e. The Morgan fingerprint density at radius 1 is 1.29 bits per heavy atom. The standard InChI is InChI=1S/C17H18ClNO2/c1-20-17-10-13(6-7-15(17)18)19-11-12-8-9-21-16-5-3-2-4-14(12)16/h2-7,10,12,19H,8-9,11H2,1H3. The summed E-state index contributed by atoms with van der Waals surface area (Å²) < 4.78 is 10.9. The van der Waals surface area contributed by atoms with Gasteiger partial charge < -0.3 is 14.8 Å². The quantitative estimate of drug-likeness (QED) is 0.912. The number of fused-ring (bicyclic) bond motifs is 1. The van der Waals surface area contributed by atoms with Crippen molar-refractivity contribution in [1.82, 2.24) is 0 Å². The summed E-state index contributed by atoms with van der Waals surface area (Å²) in [4.78, 5) is 0. The van der Waals surface area contributed by atoms with E-state index in [4.69, 9.17) is 21.1 Å². The first kappa shape index (κ1) is 14.1. The summed E-state index contributed by atoms with van der Waals surface area (Å²) >= 11 is 6.04. The van der Waals surface area contributed by atoms with Crippen LogP contribution in [0.4, 0.5) is 5.69 Å². The fourth-order valence-corrected chi connectivity index (χ4v) is 2.83. The molecule has 0 radical (unpaired) electrons. The molecular weight excluding hydrogens is 286 g/mol. The highest BCUT2D eigenvalue weighted by molar-refractivity contribution is 6.32. The Hall–Kier alpha value is -1.87. The largest absolute Gasteiger partial charge is 0.495 e. The number of methoxy groups -OCH3 is 1.